The molecule has 0 aliphatic rings. The van der Waals surface area contributed by atoms with Crippen molar-refractivity contribution in [2.75, 3.05) is 6.54 Å². The number of hydrogen-bond donors (Lipinski definition) is 1. The Bertz CT molecular complexity index is 667. The van der Waals surface area contributed by atoms with Gasteiger partial charge in [0.2, 0.25) is 0 Å². The van der Waals surface area contributed by atoms with E-state index in [4.69, 9.17) is 11.6 Å². The number of aldehydes is 1. The van der Waals surface area contributed by atoms with Crippen LogP contribution in [0, 0.1) is 0 Å². The van der Waals surface area contributed by atoms with Crippen LogP contribution in [0.2, 0.25) is 5.02 Å². The fourth-order valence-electron chi connectivity index (χ4n) is 2.02. The summed E-state index contributed by atoms with van der Waals surface area (Å²) in [5.41, 5.74) is 0.668. The van der Waals surface area contributed by atoms with Gasteiger partial charge in [-0.3, -0.25) is 4.90 Å². The SMILES string of the molecule is C=CCN(C(=O)O)C(C=O)c1csc2cc(Cl)ccc12. The van der Waals surface area contributed by atoms with E-state index in [1.165, 1.54) is 17.4 Å². The summed E-state index contributed by atoms with van der Waals surface area (Å²) in [6.07, 6.45) is 0.930. The molecule has 1 atom stereocenters. The second-order valence-electron chi connectivity index (χ2n) is 4.14. The molecule has 1 aromatic carbocycles. The Morgan fingerprint density at radius 3 is 2.90 bits per heavy atom. The minimum absolute atomic E-state index is 0.0870. The second kappa shape index (κ2) is 6.07. The normalized spacial score (nSPS) is 12.1. The summed E-state index contributed by atoms with van der Waals surface area (Å²) in [4.78, 5) is 23.7. The van der Waals surface area contributed by atoms with Crippen LogP contribution in [0.3, 0.4) is 0 Å². The number of carbonyl (C=O) groups excluding carboxylic acids is 1. The zero-order chi connectivity index (χ0) is 14.7. The van der Waals surface area contributed by atoms with E-state index in [2.05, 4.69) is 6.58 Å². The van der Waals surface area contributed by atoms with Crippen LogP contribution < -0.4 is 0 Å². The first-order valence-electron chi connectivity index (χ1n) is 5.81. The topological polar surface area (TPSA) is 57.6 Å². The van der Waals surface area contributed by atoms with Gasteiger partial charge in [0, 0.05) is 21.8 Å². The lowest BCUT2D eigenvalue weighted by atomic mass is 10.1. The molecule has 1 aromatic heterocycles. The van der Waals surface area contributed by atoms with Crippen molar-refractivity contribution in [1.82, 2.24) is 4.90 Å². The maximum atomic E-state index is 11.4. The minimum Gasteiger partial charge on any atom is -0.465 e. The van der Waals surface area contributed by atoms with E-state index < -0.39 is 12.1 Å². The predicted octanol–water partition coefficient (Wildman–Crippen LogP) is 3.96. The molecule has 0 aliphatic heterocycles. The highest BCUT2D eigenvalue weighted by Gasteiger charge is 2.25. The van der Waals surface area contributed by atoms with Crippen LogP contribution in [0.1, 0.15) is 11.6 Å². The third-order valence-corrected chi connectivity index (χ3v) is 4.12. The predicted molar refractivity (Wildman–Crippen MR) is 80.6 cm³/mol. The average Bonchev–Trinajstić information content (AvgIpc) is 2.81. The summed E-state index contributed by atoms with van der Waals surface area (Å²) >= 11 is 7.35. The van der Waals surface area contributed by atoms with Gasteiger partial charge in [-0.15, -0.1) is 17.9 Å². The van der Waals surface area contributed by atoms with Crippen molar-refractivity contribution < 1.29 is 14.7 Å². The molecule has 0 saturated heterocycles. The lowest BCUT2D eigenvalue weighted by Crippen LogP contribution is -2.34. The van der Waals surface area contributed by atoms with Crippen LogP contribution in [0.4, 0.5) is 4.79 Å². The van der Waals surface area contributed by atoms with Crippen molar-refractivity contribution in [3.05, 3.63) is 46.8 Å². The Labute approximate surface area is 124 Å². The molecule has 0 radical (unpaired) electrons. The molecular formula is C14H12ClNO3S. The minimum atomic E-state index is -1.16. The van der Waals surface area contributed by atoms with Crippen LogP contribution in [0.5, 0.6) is 0 Å². The summed E-state index contributed by atoms with van der Waals surface area (Å²) in [7, 11) is 0. The lowest BCUT2D eigenvalue weighted by molar-refractivity contribution is -0.111. The van der Waals surface area contributed by atoms with E-state index in [9.17, 15) is 14.7 Å². The van der Waals surface area contributed by atoms with Crippen LogP contribution in [0.25, 0.3) is 10.1 Å². The number of halogens is 1. The van der Waals surface area contributed by atoms with Gasteiger partial charge in [-0.1, -0.05) is 23.7 Å². The number of carbonyl (C=O) groups is 2. The molecule has 0 fully saturated rings. The van der Waals surface area contributed by atoms with Crippen LogP contribution in [-0.4, -0.2) is 28.9 Å². The fourth-order valence-corrected chi connectivity index (χ4v) is 3.28. The number of hydrogen-bond acceptors (Lipinski definition) is 3. The number of benzene rings is 1. The van der Waals surface area contributed by atoms with E-state index in [1.807, 2.05) is 0 Å². The average molecular weight is 310 g/mol. The van der Waals surface area contributed by atoms with E-state index >= 15 is 0 Å². The Kier molecular flexibility index (Phi) is 4.42. The molecule has 6 heteroatoms. The number of carboxylic acid groups (broad SMARTS) is 1. The first-order chi connectivity index (χ1) is 9.58. The first-order valence-corrected chi connectivity index (χ1v) is 7.06. The van der Waals surface area contributed by atoms with Crippen molar-refractivity contribution in [2.45, 2.75) is 6.04 Å². The summed E-state index contributed by atoms with van der Waals surface area (Å²) in [5, 5.41) is 12.5. The van der Waals surface area contributed by atoms with Gasteiger partial charge in [-0.05, 0) is 22.9 Å². The maximum absolute atomic E-state index is 11.4. The molecule has 1 unspecified atom stereocenters. The molecule has 0 spiro atoms. The standard InChI is InChI=1S/C14H12ClNO3S/c1-2-5-16(14(18)19)12(7-17)11-8-20-13-6-9(15)3-4-10(11)13/h2-4,6-8,12H,1,5H2,(H,18,19). The van der Waals surface area contributed by atoms with Gasteiger partial charge in [-0.25, -0.2) is 4.79 Å². The quantitative estimate of drug-likeness (QED) is 0.672. The summed E-state index contributed by atoms with van der Waals surface area (Å²) in [6, 6.07) is 4.47. The summed E-state index contributed by atoms with van der Waals surface area (Å²) in [5.74, 6) is 0. The van der Waals surface area contributed by atoms with Crippen molar-refractivity contribution in [2.24, 2.45) is 0 Å². The van der Waals surface area contributed by atoms with Crippen LogP contribution in [0.15, 0.2) is 36.2 Å². The Morgan fingerprint density at radius 1 is 1.55 bits per heavy atom. The summed E-state index contributed by atoms with van der Waals surface area (Å²) < 4.78 is 0.920. The molecule has 0 saturated carbocycles. The number of thiophene rings is 1. The zero-order valence-corrected chi connectivity index (χ0v) is 12.0. The van der Waals surface area contributed by atoms with Crippen molar-refractivity contribution in [1.29, 1.82) is 0 Å². The Balaban J connectivity index is 2.50. The van der Waals surface area contributed by atoms with Gasteiger partial charge in [0.05, 0.1) is 0 Å². The molecule has 20 heavy (non-hydrogen) atoms. The van der Waals surface area contributed by atoms with Gasteiger partial charge < -0.3 is 9.90 Å². The van der Waals surface area contributed by atoms with E-state index in [1.54, 1.807) is 23.6 Å². The zero-order valence-electron chi connectivity index (χ0n) is 10.5. The number of fused-ring (bicyclic) bond motifs is 1. The lowest BCUT2D eigenvalue weighted by Gasteiger charge is -2.23. The van der Waals surface area contributed by atoms with Gasteiger partial charge >= 0.3 is 6.09 Å². The number of rotatable bonds is 5. The molecule has 4 nitrogen and oxygen atoms in total. The molecule has 2 rings (SSSR count). The second-order valence-corrected chi connectivity index (χ2v) is 5.48. The van der Waals surface area contributed by atoms with Gasteiger partial charge in [0.15, 0.2) is 0 Å². The van der Waals surface area contributed by atoms with E-state index in [0.717, 1.165) is 15.0 Å². The van der Waals surface area contributed by atoms with E-state index in [0.29, 0.717) is 16.9 Å². The van der Waals surface area contributed by atoms with Crippen molar-refractivity contribution >= 4 is 45.4 Å². The highest BCUT2D eigenvalue weighted by molar-refractivity contribution is 7.17. The molecule has 104 valence electrons. The molecule has 1 amide bonds. The maximum Gasteiger partial charge on any atom is 0.408 e. The van der Waals surface area contributed by atoms with Gasteiger partial charge in [0.1, 0.15) is 12.3 Å². The molecule has 0 bridgehead atoms. The van der Waals surface area contributed by atoms with Crippen molar-refractivity contribution in [3.8, 4) is 0 Å². The molecular weight excluding hydrogens is 298 g/mol. The molecule has 2 aromatic rings. The fraction of sp³-hybridized carbons (Fsp3) is 0.143. The third kappa shape index (κ3) is 2.69. The highest BCUT2D eigenvalue weighted by atomic mass is 35.5. The molecule has 0 aliphatic carbocycles. The highest BCUT2D eigenvalue weighted by Crippen LogP contribution is 2.34. The van der Waals surface area contributed by atoms with Gasteiger partial charge in [-0.2, -0.15) is 0 Å². The number of nitrogens with zero attached hydrogens (tertiary/aromatic N) is 1. The monoisotopic (exact) mass is 309 g/mol. The largest absolute Gasteiger partial charge is 0.465 e. The number of amides is 1. The van der Waals surface area contributed by atoms with E-state index in [-0.39, 0.29) is 6.54 Å². The Morgan fingerprint density at radius 2 is 2.30 bits per heavy atom. The Hall–Kier alpha value is -1.85. The van der Waals surface area contributed by atoms with Gasteiger partial charge in [0.25, 0.3) is 0 Å². The van der Waals surface area contributed by atoms with Crippen LogP contribution >= 0.6 is 22.9 Å². The molecule has 1 heterocycles. The van der Waals surface area contributed by atoms with Crippen LogP contribution in [-0.2, 0) is 4.79 Å². The third-order valence-electron chi connectivity index (χ3n) is 2.92. The smallest absolute Gasteiger partial charge is 0.408 e. The van der Waals surface area contributed by atoms with Crippen molar-refractivity contribution in [3.63, 3.8) is 0 Å². The summed E-state index contributed by atoms with van der Waals surface area (Å²) in [6.45, 7) is 3.61. The first kappa shape index (κ1) is 14.6. The molecule has 1 N–H and O–H groups in total.